The molecular formula is C3H6BF5-. The lowest BCUT2D eigenvalue weighted by Gasteiger charge is -1.94. The predicted octanol–water partition coefficient (Wildman–Crippen LogP) is 2.48. The van der Waals surface area contributed by atoms with Crippen LogP contribution >= 0.6 is 0 Å². The van der Waals surface area contributed by atoms with Crippen LogP contribution < -0.4 is 0 Å². The molecule has 0 spiro atoms. The maximum Gasteiger partial charge on any atom is 0.673 e. The Morgan fingerprint density at radius 2 is 1.22 bits per heavy atom. The van der Waals surface area contributed by atoms with E-state index in [1.165, 1.54) is 0 Å². The van der Waals surface area contributed by atoms with Gasteiger partial charge >= 0.3 is 7.25 Å². The fraction of sp³-hybridized carbons (Fsp3) is 0.667. The highest BCUT2D eigenvalue weighted by molar-refractivity contribution is 6.50. The SMILES string of the molecule is F[B-](F)(F)F.[CH2]CCF. The third-order valence-electron chi connectivity index (χ3n) is 0.134. The molecule has 0 bridgehead atoms. The van der Waals surface area contributed by atoms with Crippen molar-refractivity contribution < 1.29 is 21.7 Å². The molecule has 57 valence electrons. The Bertz CT molecular complexity index is 42.7. The van der Waals surface area contributed by atoms with Gasteiger partial charge in [-0.15, -0.1) is 0 Å². The molecule has 6 heteroatoms. The maximum absolute atomic E-state index is 10.7. The molecule has 0 heterocycles. The van der Waals surface area contributed by atoms with Gasteiger partial charge in [0, 0.05) is 0 Å². The standard InChI is InChI=1S/C3H6F.BF4/c1-2-3-4;2-1(3,4)5/h1-3H2;/q;-1. The van der Waals surface area contributed by atoms with Crippen molar-refractivity contribution in [1.29, 1.82) is 0 Å². The topological polar surface area (TPSA) is 0 Å². The van der Waals surface area contributed by atoms with Gasteiger partial charge in [-0.3, -0.25) is 4.39 Å². The van der Waals surface area contributed by atoms with Gasteiger partial charge in [-0.05, 0) is 6.42 Å². The highest BCUT2D eigenvalue weighted by Crippen LogP contribution is 2.06. The van der Waals surface area contributed by atoms with E-state index in [1.807, 2.05) is 0 Å². The van der Waals surface area contributed by atoms with E-state index in [0.29, 0.717) is 6.42 Å². The van der Waals surface area contributed by atoms with Crippen molar-refractivity contribution in [2.75, 3.05) is 6.67 Å². The molecule has 0 aliphatic carbocycles. The van der Waals surface area contributed by atoms with Crippen LogP contribution in [-0.2, 0) is 0 Å². The number of halogens is 5. The lowest BCUT2D eigenvalue weighted by molar-refractivity contribution is 0.368. The molecule has 0 N–H and O–H groups in total. The molecule has 0 amide bonds. The minimum Gasteiger partial charge on any atom is -0.418 e. The van der Waals surface area contributed by atoms with Gasteiger partial charge in [-0.25, -0.2) is 0 Å². The molecule has 0 aliphatic heterocycles. The van der Waals surface area contributed by atoms with Gasteiger partial charge in [0.25, 0.3) is 0 Å². The monoisotopic (exact) mass is 148 g/mol. The predicted molar refractivity (Wildman–Crippen MR) is 26.1 cm³/mol. The first-order chi connectivity index (χ1) is 3.91. The summed E-state index contributed by atoms with van der Waals surface area (Å²) in [6.45, 7) is 2.94. The molecule has 1 radical (unpaired) electrons. The van der Waals surface area contributed by atoms with E-state index in [9.17, 15) is 21.7 Å². The van der Waals surface area contributed by atoms with Gasteiger partial charge < -0.3 is 17.3 Å². The molecule has 0 aromatic heterocycles. The summed E-state index contributed by atoms with van der Waals surface area (Å²) in [4.78, 5) is 0. The van der Waals surface area contributed by atoms with E-state index in [0.717, 1.165) is 0 Å². The summed E-state index contributed by atoms with van der Waals surface area (Å²) in [7, 11) is -6.00. The van der Waals surface area contributed by atoms with Gasteiger partial charge in [0.2, 0.25) is 0 Å². The Morgan fingerprint density at radius 1 is 1.11 bits per heavy atom. The van der Waals surface area contributed by atoms with Gasteiger partial charge in [0.05, 0.1) is 6.67 Å². The van der Waals surface area contributed by atoms with Gasteiger partial charge in [0.15, 0.2) is 0 Å². The van der Waals surface area contributed by atoms with Crippen molar-refractivity contribution in [2.24, 2.45) is 0 Å². The van der Waals surface area contributed by atoms with Crippen LogP contribution in [0, 0.1) is 6.92 Å². The fourth-order valence-corrected chi connectivity index (χ4v) is 0. The molecular weight excluding hydrogens is 142 g/mol. The zero-order valence-corrected chi connectivity index (χ0v) is 4.59. The first-order valence-electron chi connectivity index (χ1n) is 2.14. The molecule has 0 fully saturated rings. The van der Waals surface area contributed by atoms with Crippen LogP contribution in [0.25, 0.3) is 0 Å². The first-order valence-corrected chi connectivity index (χ1v) is 2.14. The summed E-state index contributed by atoms with van der Waals surface area (Å²) in [6.07, 6.45) is 0.403. The minimum atomic E-state index is -6.00. The van der Waals surface area contributed by atoms with E-state index in [-0.39, 0.29) is 6.67 Å². The van der Waals surface area contributed by atoms with Crippen LogP contribution in [0.15, 0.2) is 0 Å². The third kappa shape index (κ3) is 493. The Balaban J connectivity index is 0. The van der Waals surface area contributed by atoms with E-state index >= 15 is 0 Å². The first kappa shape index (κ1) is 11.5. The Morgan fingerprint density at radius 3 is 1.22 bits per heavy atom. The van der Waals surface area contributed by atoms with Crippen molar-refractivity contribution in [3.8, 4) is 0 Å². The summed E-state index contributed by atoms with van der Waals surface area (Å²) >= 11 is 0. The number of hydrogen-bond donors (Lipinski definition) is 0. The van der Waals surface area contributed by atoms with Crippen molar-refractivity contribution in [3.63, 3.8) is 0 Å². The van der Waals surface area contributed by atoms with Crippen molar-refractivity contribution in [1.82, 2.24) is 0 Å². The molecule has 0 aromatic carbocycles. The van der Waals surface area contributed by atoms with Gasteiger partial charge in [-0.2, -0.15) is 0 Å². The molecule has 0 nitrogen and oxygen atoms in total. The van der Waals surface area contributed by atoms with Crippen molar-refractivity contribution in [2.45, 2.75) is 6.42 Å². The van der Waals surface area contributed by atoms with Crippen LogP contribution in [0.1, 0.15) is 6.42 Å². The molecule has 0 rings (SSSR count). The zero-order valence-electron chi connectivity index (χ0n) is 4.59. The second-order valence-corrected chi connectivity index (χ2v) is 1.04. The lowest BCUT2D eigenvalue weighted by atomic mass is 10.3. The van der Waals surface area contributed by atoms with Crippen LogP contribution in [0.5, 0.6) is 0 Å². The number of rotatable bonds is 1. The summed E-state index contributed by atoms with van der Waals surface area (Å²) in [5, 5.41) is 0. The summed E-state index contributed by atoms with van der Waals surface area (Å²) in [5.41, 5.74) is 0. The summed E-state index contributed by atoms with van der Waals surface area (Å²) in [6, 6.07) is 0. The normalized spacial score (nSPS) is 10.0. The lowest BCUT2D eigenvalue weighted by Crippen LogP contribution is -2.02. The fourth-order valence-electron chi connectivity index (χ4n) is 0. The smallest absolute Gasteiger partial charge is 0.418 e. The van der Waals surface area contributed by atoms with Crippen molar-refractivity contribution >= 4 is 7.25 Å². The highest BCUT2D eigenvalue weighted by atomic mass is 19.5. The Hall–Kier alpha value is -0.285. The van der Waals surface area contributed by atoms with E-state index in [4.69, 9.17) is 0 Å². The third-order valence-corrected chi connectivity index (χ3v) is 0.134. The zero-order chi connectivity index (χ0) is 7.91. The Labute approximate surface area is 50.2 Å². The quantitative estimate of drug-likeness (QED) is 0.395. The number of alkyl halides is 1. The molecule has 0 saturated heterocycles. The second-order valence-electron chi connectivity index (χ2n) is 1.04. The molecule has 0 saturated carbocycles. The summed E-state index contributed by atoms with van der Waals surface area (Å²) in [5.74, 6) is 0. The number of hydrogen-bond acceptors (Lipinski definition) is 0. The minimum absolute atomic E-state index is 0.292. The van der Waals surface area contributed by atoms with E-state index < -0.39 is 7.25 Å². The Kier molecular flexibility index (Phi) is 7.47. The molecule has 0 unspecified atom stereocenters. The van der Waals surface area contributed by atoms with Crippen LogP contribution in [0.3, 0.4) is 0 Å². The average molecular weight is 148 g/mol. The van der Waals surface area contributed by atoms with Crippen LogP contribution in [0.4, 0.5) is 21.7 Å². The van der Waals surface area contributed by atoms with Crippen molar-refractivity contribution in [3.05, 3.63) is 6.92 Å². The van der Waals surface area contributed by atoms with Gasteiger partial charge in [0.1, 0.15) is 0 Å². The molecule has 9 heavy (non-hydrogen) atoms. The van der Waals surface area contributed by atoms with E-state index in [2.05, 4.69) is 6.92 Å². The molecule has 0 aromatic rings. The highest BCUT2D eigenvalue weighted by Gasteiger charge is 2.20. The maximum atomic E-state index is 10.7. The average Bonchev–Trinajstić information content (AvgIpc) is 1.61. The van der Waals surface area contributed by atoms with Crippen LogP contribution in [-0.4, -0.2) is 13.9 Å². The van der Waals surface area contributed by atoms with E-state index in [1.54, 1.807) is 0 Å². The van der Waals surface area contributed by atoms with Gasteiger partial charge in [-0.1, -0.05) is 6.92 Å². The second kappa shape index (κ2) is 5.84. The molecule has 0 aliphatic rings. The van der Waals surface area contributed by atoms with Crippen LogP contribution in [0.2, 0.25) is 0 Å². The largest absolute Gasteiger partial charge is 0.673 e. The molecule has 0 atom stereocenters. The summed E-state index contributed by atoms with van der Waals surface area (Å²) < 4.78 is 49.7.